The number of halogens is 2. The first kappa shape index (κ1) is 19.2. The predicted molar refractivity (Wildman–Crippen MR) is 103 cm³/mol. The molecule has 1 aliphatic rings. The topological polar surface area (TPSA) is 81.9 Å². The number of amides is 1. The molecule has 0 unspecified atom stereocenters. The minimum atomic E-state index is -2.90. The van der Waals surface area contributed by atoms with Crippen molar-refractivity contribution < 1.29 is 18.3 Å². The summed E-state index contributed by atoms with van der Waals surface area (Å²) in [6.45, 7) is 2.28. The van der Waals surface area contributed by atoms with Gasteiger partial charge >= 0.3 is 0 Å². The third kappa shape index (κ3) is 4.67. The van der Waals surface area contributed by atoms with Gasteiger partial charge in [0, 0.05) is 25.2 Å². The van der Waals surface area contributed by atoms with Crippen LogP contribution in [0.4, 0.5) is 14.6 Å². The van der Waals surface area contributed by atoms with Crippen molar-refractivity contribution in [3.63, 3.8) is 0 Å². The number of fused-ring (bicyclic) bond motifs is 1. The van der Waals surface area contributed by atoms with Crippen molar-refractivity contribution in [2.75, 3.05) is 11.9 Å². The van der Waals surface area contributed by atoms with Crippen LogP contribution in [0, 0.1) is 12.8 Å². The van der Waals surface area contributed by atoms with Crippen LogP contribution >= 0.6 is 0 Å². The van der Waals surface area contributed by atoms with E-state index in [1.54, 1.807) is 29.9 Å². The number of alkyl halides is 2. The number of aromatic nitrogens is 4. The third-order valence-corrected chi connectivity index (χ3v) is 4.60. The molecule has 0 atom stereocenters. The first-order valence-electron chi connectivity index (χ1n) is 9.38. The number of ether oxygens (including phenoxy) is 1. The zero-order valence-electron chi connectivity index (χ0n) is 16.2. The van der Waals surface area contributed by atoms with E-state index in [0.29, 0.717) is 29.3 Å². The van der Waals surface area contributed by atoms with Gasteiger partial charge < -0.3 is 10.1 Å². The van der Waals surface area contributed by atoms with E-state index in [-0.39, 0.29) is 11.8 Å². The molecule has 9 heteroatoms. The maximum atomic E-state index is 13.0. The van der Waals surface area contributed by atoms with Gasteiger partial charge in [0.25, 0.3) is 5.92 Å². The summed E-state index contributed by atoms with van der Waals surface area (Å²) >= 11 is 0. The number of anilines is 1. The average Bonchev–Trinajstić information content (AvgIpc) is 3.41. The summed E-state index contributed by atoms with van der Waals surface area (Å²) in [6, 6.07) is 3.56. The smallest absolute Gasteiger partial charge is 0.278 e. The van der Waals surface area contributed by atoms with Gasteiger partial charge in [0.2, 0.25) is 5.91 Å². The second kappa shape index (κ2) is 7.38. The minimum absolute atomic E-state index is 0.0108. The fourth-order valence-electron chi connectivity index (χ4n) is 2.95. The molecule has 1 amide bonds. The number of carbonyl (C=O) groups excluding carboxylic acids is 1. The molecule has 1 fully saturated rings. The summed E-state index contributed by atoms with van der Waals surface area (Å²) in [6.07, 6.45) is 6.70. The van der Waals surface area contributed by atoms with Gasteiger partial charge in [-0.05, 0) is 37.5 Å². The van der Waals surface area contributed by atoms with Gasteiger partial charge in [-0.2, -0.15) is 5.10 Å². The SMILES string of the molecule is Cc1cc(Cn2cc3c(NC(=O)C4CC4)nccc3n2)ncc1OCC(C)(F)F. The Bertz CT molecular complexity index is 1060. The molecule has 0 saturated heterocycles. The highest BCUT2D eigenvalue weighted by Crippen LogP contribution is 2.31. The van der Waals surface area contributed by atoms with Crippen LogP contribution in [0.25, 0.3) is 10.9 Å². The van der Waals surface area contributed by atoms with Gasteiger partial charge in [-0.15, -0.1) is 0 Å². The number of carbonyl (C=O) groups is 1. The Morgan fingerprint density at radius 3 is 2.86 bits per heavy atom. The first-order valence-corrected chi connectivity index (χ1v) is 9.38. The number of nitrogens with zero attached hydrogens (tertiary/aromatic N) is 4. The van der Waals surface area contributed by atoms with E-state index in [1.165, 1.54) is 6.20 Å². The zero-order chi connectivity index (χ0) is 20.6. The van der Waals surface area contributed by atoms with E-state index >= 15 is 0 Å². The Hall–Kier alpha value is -3.10. The predicted octanol–water partition coefficient (Wildman–Crippen LogP) is 3.57. The van der Waals surface area contributed by atoms with Crippen molar-refractivity contribution in [2.45, 2.75) is 39.2 Å². The van der Waals surface area contributed by atoms with Crippen molar-refractivity contribution in [1.82, 2.24) is 19.7 Å². The Balaban J connectivity index is 1.50. The Morgan fingerprint density at radius 1 is 1.38 bits per heavy atom. The van der Waals surface area contributed by atoms with E-state index in [9.17, 15) is 13.6 Å². The molecule has 7 nitrogen and oxygen atoms in total. The molecule has 3 heterocycles. The number of rotatable bonds is 7. The Kier molecular flexibility index (Phi) is 4.89. The summed E-state index contributed by atoms with van der Waals surface area (Å²) in [4.78, 5) is 20.6. The second-order valence-corrected chi connectivity index (χ2v) is 7.48. The molecule has 152 valence electrons. The average molecular weight is 401 g/mol. The Morgan fingerprint density at radius 2 is 2.17 bits per heavy atom. The maximum absolute atomic E-state index is 13.0. The molecule has 0 radical (unpaired) electrons. The fraction of sp³-hybridized carbons (Fsp3) is 0.400. The van der Waals surface area contributed by atoms with Crippen molar-refractivity contribution in [3.05, 3.63) is 42.0 Å². The monoisotopic (exact) mass is 401 g/mol. The van der Waals surface area contributed by atoms with Crippen molar-refractivity contribution in [3.8, 4) is 5.75 Å². The van der Waals surface area contributed by atoms with Crippen LogP contribution in [0.2, 0.25) is 0 Å². The molecule has 1 saturated carbocycles. The summed E-state index contributed by atoms with van der Waals surface area (Å²) in [5.41, 5.74) is 2.14. The lowest BCUT2D eigenvalue weighted by atomic mass is 10.2. The highest BCUT2D eigenvalue weighted by molar-refractivity contribution is 6.00. The molecular weight excluding hydrogens is 380 g/mol. The van der Waals surface area contributed by atoms with Crippen LogP contribution in [0.3, 0.4) is 0 Å². The summed E-state index contributed by atoms with van der Waals surface area (Å²) in [7, 11) is 0. The molecule has 0 spiro atoms. The molecule has 29 heavy (non-hydrogen) atoms. The van der Waals surface area contributed by atoms with Crippen LogP contribution < -0.4 is 10.1 Å². The molecule has 1 N–H and O–H groups in total. The van der Waals surface area contributed by atoms with Gasteiger partial charge in [0.05, 0.1) is 29.3 Å². The normalized spacial score (nSPS) is 14.2. The number of hydrogen-bond acceptors (Lipinski definition) is 5. The van der Waals surface area contributed by atoms with Gasteiger partial charge in [0.1, 0.15) is 11.6 Å². The van der Waals surface area contributed by atoms with E-state index in [0.717, 1.165) is 30.7 Å². The van der Waals surface area contributed by atoms with Crippen molar-refractivity contribution >= 4 is 22.6 Å². The summed E-state index contributed by atoms with van der Waals surface area (Å²) in [5.74, 6) is -2.00. The standard InChI is InChI=1S/C20H21F2N5O2/c1-12-7-14(24-8-17(12)29-11-20(2,21)22)9-27-10-15-16(26-27)5-6-23-18(15)25-19(28)13-3-4-13/h5-8,10,13H,3-4,9,11H2,1-2H3,(H,23,25,28). The van der Waals surface area contributed by atoms with E-state index < -0.39 is 12.5 Å². The number of nitrogens with one attached hydrogen (secondary N) is 1. The quantitative estimate of drug-likeness (QED) is 0.655. The van der Waals surface area contributed by atoms with Gasteiger partial charge in [0.15, 0.2) is 6.61 Å². The van der Waals surface area contributed by atoms with Crippen LogP contribution in [-0.4, -0.2) is 38.2 Å². The van der Waals surface area contributed by atoms with Crippen LogP contribution in [-0.2, 0) is 11.3 Å². The fourth-order valence-corrected chi connectivity index (χ4v) is 2.95. The maximum Gasteiger partial charge on any atom is 0.278 e. The number of pyridine rings is 2. The molecule has 0 bridgehead atoms. The Labute approximate surface area is 166 Å². The number of aryl methyl sites for hydroxylation is 1. The van der Waals surface area contributed by atoms with E-state index in [2.05, 4.69) is 20.4 Å². The molecular formula is C20H21F2N5O2. The van der Waals surface area contributed by atoms with Crippen LogP contribution in [0.15, 0.2) is 30.7 Å². The van der Waals surface area contributed by atoms with Crippen LogP contribution in [0.1, 0.15) is 31.0 Å². The lowest BCUT2D eigenvalue weighted by molar-refractivity contribution is -0.117. The zero-order valence-corrected chi connectivity index (χ0v) is 16.2. The molecule has 3 aromatic heterocycles. The van der Waals surface area contributed by atoms with Gasteiger partial charge in [-0.25, -0.2) is 13.8 Å². The third-order valence-electron chi connectivity index (χ3n) is 4.60. The van der Waals surface area contributed by atoms with E-state index in [4.69, 9.17) is 4.74 Å². The van der Waals surface area contributed by atoms with E-state index in [1.807, 2.05) is 6.20 Å². The highest BCUT2D eigenvalue weighted by atomic mass is 19.3. The second-order valence-electron chi connectivity index (χ2n) is 7.48. The summed E-state index contributed by atoms with van der Waals surface area (Å²) in [5, 5.41) is 8.14. The van der Waals surface area contributed by atoms with Gasteiger partial charge in [-0.3, -0.25) is 14.5 Å². The van der Waals surface area contributed by atoms with Crippen LogP contribution in [0.5, 0.6) is 5.75 Å². The molecule has 0 aliphatic heterocycles. The molecule has 3 aromatic rings. The largest absolute Gasteiger partial charge is 0.485 e. The highest BCUT2D eigenvalue weighted by Gasteiger charge is 2.30. The molecule has 1 aliphatic carbocycles. The van der Waals surface area contributed by atoms with Crippen molar-refractivity contribution in [1.29, 1.82) is 0 Å². The summed E-state index contributed by atoms with van der Waals surface area (Å²) < 4.78 is 32.8. The minimum Gasteiger partial charge on any atom is -0.485 e. The number of hydrogen-bond donors (Lipinski definition) is 1. The lowest BCUT2D eigenvalue weighted by Gasteiger charge is -2.14. The molecule has 4 rings (SSSR count). The van der Waals surface area contributed by atoms with Gasteiger partial charge in [-0.1, -0.05) is 0 Å². The molecule has 0 aromatic carbocycles. The lowest BCUT2D eigenvalue weighted by Crippen LogP contribution is -2.21. The van der Waals surface area contributed by atoms with Crippen molar-refractivity contribution in [2.24, 2.45) is 5.92 Å². The first-order chi connectivity index (χ1) is 13.8.